The van der Waals surface area contributed by atoms with Crippen molar-refractivity contribution in [3.63, 3.8) is 0 Å². The summed E-state index contributed by atoms with van der Waals surface area (Å²) in [5.74, 6) is 0. The van der Waals surface area contributed by atoms with E-state index in [4.69, 9.17) is 0 Å². The summed E-state index contributed by atoms with van der Waals surface area (Å²) in [5.41, 5.74) is 0.458. The van der Waals surface area contributed by atoms with Gasteiger partial charge in [-0.25, -0.2) is 0 Å². The average Bonchev–Trinajstić information content (AvgIpc) is 2.14. The Morgan fingerprint density at radius 1 is 1.75 bits per heavy atom. The quantitative estimate of drug-likeness (QED) is 0.398. The number of hydrogen-bond donors (Lipinski definition) is 1. The standard InChI is InChI=1S/C3H4N3O.K/c7-2-3-1-4-6-5-3;/h1H,2H2,(H,4,5,6);/q-1;+1. The number of aromatic amines is 1. The van der Waals surface area contributed by atoms with Gasteiger partial charge in [0.2, 0.25) is 0 Å². The predicted molar refractivity (Wildman–Crippen MR) is 20.1 cm³/mol. The molecule has 8 heavy (non-hydrogen) atoms. The maximum absolute atomic E-state index is 9.87. The van der Waals surface area contributed by atoms with E-state index in [0.29, 0.717) is 5.69 Å². The van der Waals surface area contributed by atoms with Gasteiger partial charge in [-0.3, -0.25) is 0 Å². The third-order valence-corrected chi connectivity index (χ3v) is 0.613. The molecule has 0 atom stereocenters. The van der Waals surface area contributed by atoms with Gasteiger partial charge in [0.15, 0.2) is 0 Å². The molecular formula is C3H4KN3O. The first-order valence-corrected chi connectivity index (χ1v) is 1.86. The minimum Gasteiger partial charge on any atom is -0.850 e. The summed E-state index contributed by atoms with van der Waals surface area (Å²) in [7, 11) is 0. The van der Waals surface area contributed by atoms with E-state index in [9.17, 15) is 5.11 Å². The van der Waals surface area contributed by atoms with Crippen molar-refractivity contribution in [1.82, 2.24) is 15.4 Å². The van der Waals surface area contributed by atoms with Gasteiger partial charge in [0.1, 0.15) is 0 Å². The predicted octanol–water partition coefficient (Wildman–Crippen LogP) is -4.33. The van der Waals surface area contributed by atoms with Crippen LogP contribution in [0.25, 0.3) is 0 Å². The van der Waals surface area contributed by atoms with Crippen LogP contribution in [0.1, 0.15) is 5.69 Å². The largest absolute Gasteiger partial charge is 1.00 e. The molecule has 0 aromatic carbocycles. The van der Waals surface area contributed by atoms with Crippen molar-refractivity contribution >= 4 is 0 Å². The molecule has 38 valence electrons. The molecule has 0 saturated carbocycles. The Morgan fingerprint density at radius 2 is 2.50 bits per heavy atom. The van der Waals surface area contributed by atoms with E-state index in [1.54, 1.807) is 0 Å². The second-order valence-corrected chi connectivity index (χ2v) is 1.11. The van der Waals surface area contributed by atoms with Gasteiger partial charge in [-0.2, -0.15) is 15.4 Å². The monoisotopic (exact) mass is 137 g/mol. The van der Waals surface area contributed by atoms with Crippen LogP contribution in [0.5, 0.6) is 0 Å². The Morgan fingerprint density at radius 3 is 2.75 bits per heavy atom. The first-order chi connectivity index (χ1) is 3.43. The fourth-order valence-corrected chi connectivity index (χ4v) is 0.295. The van der Waals surface area contributed by atoms with E-state index in [1.807, 2.05) is 0 Å². The van der Waals surface area contributed by atoms with Crippen molar-refractivity contribution in [3.8, 4) is 0 Å². The molecule has 1 N–H and O–H groups in total. The van der Waals surface area contributed by atoms with Gasteiger partial charge in [-0.1, -0.05) is 6.61 Å². The molecule has 0 unspecified atom stereocenters. The number of nitrogens with zero attached hydrogens (tertiary/aromatic N) is 2. The molecule has 0 saturated heterocycles. The average molecular weight is 137 g/mol. The molecule has 1 aromatic rings. The van der Waals surface area contributed by atoms with Crippen LogP contribution >= 0.6 is 0 Å². The molecular weight excluding hydrogens is 133 g/mol. The number of aromatic nitrogens is 3. The van der Waals surface area contributed by atoms with Crippen LogP contribution in [0.15, 0.2) is 6.20 Å². The molecule has 0 aliphatic heterocycles. The van der Waals surface area contributed by atoms with E-state index in [1.165, 1.54) is 6.20 Å². The minimum absolute atomic E-state index is 0. The molecule has 0 fully saturated rings. The van der Waals surface area contributed by atoms with Crippen molar-refractivity contribution < 1.29 is 56.5 Å². The van der Waals surface area contributed by atoms with Crippen LogP contribution in [0.2, 0.25) is 0 Å². The SMILES string of the molecule is [K+].[O-]Cc1cn[nH]n1. The zero-order valence-electron chi connectivity index (χ0n) is 4.59. The van der Waals surface area contributed by atoms with Crippen LogP contribution in [0, 0.1) is 0 Å². The molecule has 0 aliphatic carbocycles. The van der Waals surface area contributed by atoms with E-state index in [-0.39, 0.29) is 58.0 Å². The molecule has 4 nitrogen and oxygen atoms in total. The van der Waals surface area contributed by atoms with E-state index >= 15 is 0 Å². The number of nitrogens with one attached hydrogen (secondary N) is 1. The van der Waals surface area contributed by atoms with E-state index < -0.39 is 0 Å². The van der Waals surface area contributed by atoms with Crippen molar-refractivity contribution in [2.75, 3.05) is 0 Å². The zero-order chi connectivity index (χ0) is 5.11. The molecule has 1 aromatic heterocycles. The van der Waals surface area contributed by atoms with Gasteiger partial charge < -0.3 is 5.11 Å². The van der Waals surface area contributed by atoms with Crippen molar-refractivity contribution in [3.05, 3.63) is 11.9 Å². The Labute approximate surface area is 89.1 Å². The second kappa shape index (κ2) is 4.60. The molecule has 1 heterocycles. The van der Waals surface area contributed by atoms with Gasteiger partial charge in [-0.15, -0.1) is 0 Å². The Bertz CT molecular complexity index is 129. The van der Waals surface area contributed by atoms with Crippen LogP contribution in [-0.4, -0.2) is 15.4 Å². The Kier molecular flexibility index (Phi) is 5.02. The number of H-pyrrole nitrogens is 1. The molecule has 0 aliphatic rings. The summed E-state index contributed by atoms with van der Waals surface area (Å²) in [5, 5.41) is 19.1. The summed E-state index contributed by atoms with van der Waals surface area (Å²) in [6.07, 6.45) is 1.41. The minimum atomic E-state index is -0.295. The second-order valence-electron chi connectivity index (χ2n) is 1.11. The van der Waals surface area contributed by atoms with Crippen molar-refractivity contribution in [2.45, 2.75) is 6.61 Å². The third-order valence-electron chi connectivity index (χ3n) is 0.613. The molecule has 0 spiro atoms. The summed E-state index contributed by atoms with van der Waals surface area (Å²) in [6, 6.07) is 0. The summed E-state index contributed by atoms with van der Waals surface area (Å²) < 4.78 is 0. The summed E-state index contributed by atoms with van der Waals surface area (Å²) >= 11 is 0. The first kappa shape index (κ1) is 8.74. The van der Waals surface area contributed by atoms with Crippen LogP contribution < -0.4 is 56.5 Å². The van der Waals surface area contributed by atoms with E-state index in [0.717, 1.165) is 0 Å². The van der Waals surface area contributed by atoms with Gasteiger partial charge in [-0.05, 0) is 0 Å². The van der Waals surface area contributed by atoms with Gasteiger partial charge in [0.05, 0.1) is 11.9 Å². The van der Waals surface area contributed by atoms with Gasteiger partial charge >= 0.3 is 51.4 Å². The molecule has 0 amide bonds. The normalized spacial score (nSPS) is 8.12. The summed E-state index contributed by atoms with van der Waals surface area (Å²) in [4.78, 5) is 0. The maximum atomic E-state index is 9.87. The first-order valence-electron chi connectivity index (χ1n) is 1.86. The van der Waals surface area contributed by atoms with Crippen molar-refractivity contribution in [1.29, 1.82) is 0 Å². The Hall–Kier alpha value is 0.736. The van der Waals surface area contributed by atoms with Crippen LogP contribution in [0.4, 0.5) is 0 Å². The summed E-state index contributed by atoms with van der Waals surface area (Å²) in [6.45, 7) is -0.295. The number of rotatable bonds is 1. The molecule has 0 radical (unpaired) electrons. The Balaban J connectivity index is 0.000000490. The topological polar surface area (TPSA) is 64.6 Å². The molecule has 0 bridgehead atoms. The molecule has 1 rings (SSSR count). The van der Waals surface area contributed by atoms with Crippen molar-refractivity contribution in [2.24, 2.45) is 0 Å². The fraction of sp³-hybridized carbons (Fsp3) is 0.333. The van der Waals surface area contributed by atoms with Crippen LogP contribution in [-0.2, 0) is 6.61 Å². The fourth-order valence-electron chi connectivity index (χ4n) is 0.295. The number of hydrogen-bond acceptors (Lipinski definition) is 3. The molecule has 5 heteroatoms. The third kappa shape index (κ3) is 2.34. The maximum Gasteiger partial charge on any atom is 1.00 e. The van der Waals surface area contributed by atoms with Gasteiger partial charge in [0.25, 0.3) is 0 Å². The van der Waals surface area contributed by atoms with Crippen LogP contribution in [0.3, 0.4) is 0 Å². The zero-order valence-corrected chi connectivity index (χ0v) is 7.71. The smallest absolute Gasteiger partial charge is 0.850 e. The van der Waals surface area contributed by atoms with E-state index in [2.05, 4.69) is 15.4 Å². The van der Waals surface area contributed by atoms with Gasteiger partial charge in [0, 0.05) is 0 Å².